The molecule has 0 radical (unpaired) electrons. The number of nitrogen functional groups attached to an aromatic ring is 1. The molecule has 176 valence electrons. The Balaban J connectivity index is 1.69. The summed E-state index contributed by atoms with van der Waals surface area (Å²) in [6, 6.07) is 12.0. The minimum absolute atomic E-state index is 0.0329. The number of nitrogens with zero attached hydrogens (tertiary/aromatic N) is 3. The molecule has 3 N–H and O–H groups in total. The smallest absolute Gasteiger partial charge is 0.387 e. The van der Waals surface area contributed by atoms with Crippen LogP contribution >= 0.6 is 11.8 Å². The Morgan fingerprint density at radius 1 is 1.06 bits per heavy atom. The van der Waals surface area contributed by atoms with Crippen LogP contribution in [0.4, 0.5) is 14.5 Å². The van der Waals surface area contributed by atoms with Gasteiger partial charge in [-0.25, -0.2) is 4.68 Å². The Labute approximate surface area is 195 Å². The molecule has 1 heterocycles. The van der Waals surface area contributed by atoms with Crippen molar-refractivity contribution in [3.63, 3.8) is 0 Å². The molecule has 3 rings (SSSR count). The lowest BCUT2D eigenvalue weighted by Crippen LogP contribution is -2.19. The van der Waals surface area contributed by atoms with Gasteiger partial charge in [-0.2, -0.15) is 8.78 Å². The second-order valence-electron chi connectivity index (χ2n) is 8.04. The molecule has 7 nitrogen and oxygen atoms in total. The van der Waals surface area contributed by atoms with Crippen LogP contribution in [0.15, 0.2) is 47.6 Å². The highest BCUT2D eigenvalue weighted by atomic mass is 32.2. The lowest BCUT2D eigenvalue weighted by atomic mass is 9.92. The Morgan fingerprint density at radius 3 is 2.21 bits per heavy atom. The summed E-state index contributed by atoms with van der Waals surface area (Å²) in [5.41, 5.74) is 3.61. The molecule has 0 fully saturated rings. The zero-order chi connectivity index (χ0) is 24.1. The number of hydrogen-bond donors (Lipinski definition) is 2. The Bertz CT molecular complexity index is 1070. The average Bonchev–Trinajstić information content (AvgIpc) is 3.12. The number of carbonyl (C=O) groups is 1. The van der Waals surface area contributed by atoms with E-state index in [2.05, 4.69) is 47.9 Å². The van der Waals surface area contributed by atoms with E-state index in [0.717, 1.165) is 28.6 Å². The van der Waals surface area contributed by atoms with Gasteiger partial charge in [0.25, 0.3) is 0 Å². The number of nitrogens with two attached hydrogens (primary N) is 1. The summed E-state index contributed by atoms with van der Waals surface area (Å²) in [6.07, 6.45) is 0. The first-order valence-electron chi connectivity index (χ1n) is 10.5. The second kappa shape index (κ2) is 10.7. The number of rotatable bonds is 9. The van der Waals surface area contributed by atoms with Gasteiger partial charge in [0.15, 0.2) is 5.82 Å². The largest absolute Gasteiger partial charge is 0.435 e. The van der Waals surface area contributed by atoms with Crippen molar-refractivity contribution in [3.05, 3.63) is 53.6 Å². The van der Waals surface area contributed by atoms with E-state index < -0.39 is 6.61 Å². The van der Waals surface area contributed by atoms with Crippen LogP contribution in [0.5, 0.6) is 5.75 Å². The van der Waals surface area contributed by atoms with Crippen LogP contribution in [0, 0.1) is 0 Å². The molecule has 1 aromatic heterocycles. The van der Waals surface area contributed by atoms with Crippen molar-refractivity contribution < 1.29 is 18.3 Å². The van der Waals surface area contributed by atoms with Crippen LogP contribution in [0.2, 0.25) is 0 Å². The molecule has 33 heavy (non-hydrogen) atoms. The Morgan fingerprint density at radius 2 is 1.67 bits per heavy atom. The van der Waals surface area contributed by atoms with E-state index in [4.69, 9.17) is 5.84 Å². The van der Waals surface area contributed by atoms with Crippen molar-refractivity contribution >= 4 is 23.4 Å². The van der Waals surface area contributed by atoms with E-state index >= 15 is 0 Å². The first-order valence-corrected chi connectivity index (χ1v) is 11.5. The lowest BCUT2D eigenvalue weighted by molar-refractivity contribution is -0.113. The van der Waals surface area contributed by atoms with Crippen LogP contribution in [-0.2, 0) is 4.79 Å². The molecule has 0 aliphatic heterocycles. The zero-order valence-corrected chi connectivity index (χ0v) is 19.7. The molecular formula is C23H27F2N5O2S. The third-order valence-electron chi connectivity index (χ3n) is 4.97. The molecule has 0 saturated carbocycles. The van der Waals surface area contributed by atoms with Gasteiger partial charge in [0.1, 0.15) is 5.75 Å². The normalized spacial score (nSPS) is 11.4. The van der Waals surface area contributed by atoms with Crippen LogP contribution in [-0.4, -0.2) is 33.1 Å². The fraction of sp³-hybridized carbons (Fsp3) is 0.348. The third kappa shape index (κ3) is 6.01. The van der Waals surface area contributed by atoms with Crippen LogP contribution < -0.4 is 15.9 Å². The minimum Gasteiger partial charge on any atom is -0.435 e. The molecule has 0 aliphatic rings. The lowest BCUT2D eigenvalue weighted by Gasteiger charge is -2.20. The predicted octanol–water partition coefficient (Wildman–Crippen LogP) is 5.24. The number of nitrogens with one attached hydrogen (secondary N) is 1. The molecule has 0 bridgehead atoms. The second-order valence-corrected chi connectivity index (χ2v) is 8.98. The molecule has 2 aromatic carbocycles. The first-order chi connectivity index (χ1) is 15.7. The van der Waals surface area contributed by atoms with Gasteiger partial charge in [-0.1, -0.05) is 57.7 Å². The highest BCUT2D eigenvalue weighted by Crippen LogP contribution is 2.32. The van der Waals surface area contributed by atoms with E-state index in [1.54, 1.807) is 12.1 Å². The van der Waals surface area contributed by atoms with E-state index in [1.165, 1.54) is 16.8 Å². The predicted molar refractivity (Wildman–Crippen MR) is 126 cm³/mol. The molecule has 10 heteroatoms. The fourth-order valence-electron chi connectivity index (χ4n) is 3.36. The van der Waals surface area contributed by atoms with Gasteiger partial charge in [0.2, 0.25) is 11.1 Å². The van der Waals surface area contributed by atoms with Gasteiger partial charge >= 0.3 is 6.61 Å². The Hall–Kier alpha value is -3.14. The number of para-hydroxylation sites is 1. The third-order valence-corrected chi connectivity index (χ3v) is 5.92. The zero-order valence-electron chi connectivity index (χ0n) is 18.9. The topological polar surface area (TPSA) is 95.1 Å². The maximum absolute atomic E-state index is 12.7. The van der Waals surface area contributed by atoms with Crippen molar-refractivity contribution in [2.24, 2.45) is 0 Å². The molecule has 0 spiro atoms. The van der Waals surface area contributed by atoms with Gasteiger partial charge in [-0.05, 0) is 47.2 Å². The monoisotopic (exact) mass is 475 g/mol. The number of halogens is 2. The number of carbonyl (C=O) groups excluding carboxylic acids is 1. The van der Waals surface area contributed by atoms with Crippen molar-refractivity contribution in [2.45, 2.75) is 51.3 Å². The molecule has 0 unspecified atom stereocenters. The molecule has 0 aliphatic carbocycles. The summed E-state index contributed by atoms with van der Waals surface area (Å²) in [4.78, 5) is 12.7. The van der Waals surface area contributed by atoms with Crippen LogP contribution in [0.3, 0.4) is 0 Å². The van der Waals surface area contributed by atoms with E-state index in [9.17, 15) is 13.6 Å². The van der Waals surface area contributed by atoms with Gasteiger partial charge in [-0.3, -0.25) is 4.79 Å². The molecular weight excluding hydrogens is 448 g/mol. The number of aromatic nitrogens is 3. The van der Waals surface area contributed by atoms with Crippen molar-refractivity contribution in [1.29, 1.82) is 0 Å². The number of amides is 1. The number of benzene rings is 2. The van der Waals surface area contributed by atoms with Crippen molar-refractivity contribution in [1.82, 2.24) is 14.9 Å². The minimum atomic E-state index is -2.90. The van der Waals surface area contributed by atoms with Gasteiger partial charge in [0.05, 0.1) is 5.75 Å². The van der Waals surface area contributed by atoms with Crippen molar-refractivity contribution in [2.75, 3.05) is 16.9 Å². The number of hydrogen-bond acceptors (Lipinski definition) is 6. The quantitative estimate of drug-likeness (QED) is 0.325. The molecule has 0 saturated heterocycles. The summed E-state index contributed by atoms with van der Waals surface area (Å²) >= 11 is 1.16. The number of ether oxygens (including phenoxy) is 1. The van der Waals surface area contributed by atoms with Gasteiger partial charge in [-0.15, -0.1) is 10.2 Å². The molecule has 1 amide bonds. The highest BCUT2D eigenvalue weighted by Gasteiger charge is 2.18. The van der Waals surface area contributed by atoms with Gasteiger partial charge < -0.3 is 15.9 Å². The number of anilines is 1. The fourth-order valence-corrected chi connectivity index (χ4v) is 4.02. The Kier molecular flexibility index (Phi) is 7.91. The van der Waals surface area contributed by atoms with Crippen LogP contribution in [0.25, 0.3) is 11.4 Å². The summed E-state index contributed by atoms with van der Waals surface area (Å²) in [5.74, 6) is 6.93. The first kappa shape index (κ1) is 24.5. The van der Waals surface area contributed by atoms with E-state index in [-0.39, 0.29) is 29.2 Å². The maximum atomic E-state index is 12.7. The molecule has 0 atom stereocenters. The van der Waals surface area contributed by atoms with E-state index in [1.807, 2.05) is 18.2 Å². The molecule has 3 aromatic rings. The van der Waals surface area contributed by atoms with Crippen molar-refractivity contribution in [3.8, 4) is 17.1 Å². The summed E-state index contributed by atoms with van der Waals surface area (Å²) in [6.45, 7) is 5.47. The number of alkyl halides is 2. The summed E-state index contributed by atoms with van der Waals surface area (Å²) in [5, 5.41) is 11.5. The van der Waals surface area contributed by atoms with Crippen LogP contribution in [0.1, 0.15) is 50.7 Å². The van der Waals surface area contributed by atoms with E-state index in [0.29, 0.717) is 16.5 Å². The van der Waals surface area contributed by atoms with Gasteiger partial charge in [0, 0.05) is 11.3 Å². The highest BCUT2D eigenvalue weighted by molar-refractivity contribution is 7.99. The standard InChI is InChI=1S/C23H27F2N5O2S/c1-13(2)17-6-5-7-18(14(3)4)20(17)27-19(31)12-33-23-29-28-21(30(23)26)15-8-10-16(11-9-15)32-22(24)25/h5-11,13-14,22H,12,26H2,1-4H3,(H,27,31). The SMILES string of the molecule is CC(C)c1cccc(C(C)C)c1NC(=O)CSc1nnc(-c2ccc(OC(F)F)cc2)n1N. The number of thioether (sulfide) groups is 1. The average molecular weight is 476 g/mol. The summed E-state index contributed by atoms with van der Waals surface area (Å²) < 4.78 is 30.2. The summed E-state index contributed by atoms with van der Waals surface area (Å²) in [7, 11) is 0. The maximum Gasteiger partial charge on any atom is 0.387 e.